The van der Waals surface area contributed by atoms with Crippen molar-refractivity contribution in [3.63, 3.8) is 0 Å². The van der Waals surface area contributed by atoms with Crippen LogP contribution >= 0.6 is 15.9 Å². The van der Waals surface area contributed by atoms with Gasteiger partial charge in [0.1, 0.15) is 0 Å². The van der Waals surface area contributed by atoms with Crippen LogP contribution in [-0.4, -0.2) is 31.1 Å². The number of nitrogens with one attached hydrogen (secondary N) is 1. The molecular weight excluding hydrogens is 276 g/mol. The molecule has 1 saturated carbocycles. The Bertz CT molecular complexity index is 374. The van der Waals surface area contributed by atoms with Gasteiger partial charge < -0.3 is 10.2 Å². The van der Waals surface area contributed by atoms with E-state index in [4.69, 9.17) is 0 Å². The van der Waals surface area contributed by atoms with E-state index >= 15 is 0 Å². The van der Waals surface area contributed by atoms with Gasteiger partial charge in [0, 0.05) is 30.1 Å². The first-order valence-electron chi connectivity index (χ1n) is 6.32. The molecule has 1 aliphatic carbocycles. The van der Waals surface area contributed by atoms with Crippen molar-refractivity contribution in [2.45, 2.75) is 32.4 Å². The Kier molecular flexibility index (Phi) is 4.60. The summed E-state index contributed by atoms with van der Waals surface area (Å²) < 4.78 is 1.25. The SMILES string of the molecule is Cc1cccc(CN(C)CCNC2CC2)c1Br. The number of halogens is 1. The second-order valence-corrected chi connectivity index (χ2v) is 5.81. The van der Waals surface area contributed by atoms with Gasteiger partial charge in [-0.1, -0.05) is 34.1 Å². The number of benzene rings is 1. The molecule has 0 spiro atoms. The normalized spacial score (nSPS) is 15.5. The van der Waals surface area contributed by atoms with Gasteiger partial charge in [0.15, 0.2) is 0 Å². The van der Waals surface area contributed by atoms with E-state index in [1.807, 2.05) is 0 Å². The van der Waals surface area contributed by atoms with Crippen LogP contribution in [0.25, 0.3) is 0 Å². The predicted octanol–water partition coefficient (Wildman–Crippen LogP) is 2.94. The van der Waals surface area contributed by atoms with Gasteiger partial charge in [-0.2, -0.15) is 0 Å². The summed E-state index contributed by atoms with van der Waals surface area (Å²) in [5.41, 5.74) is 2.69. The van der Waals surface area contributed by atoms with Crippen molar-refractivity contribution < 1.29 is 0 Å². The Morgan fingerprint density at radius 3 is 2.88 bits per heavy atom. The second-order valence-electron chi connectivity index (χ2n) is 5.01. The van der Waals surface area contributed by atoms with Crippen molar-refractivity contribution >= 4 is 15.9 Å². The molecule has 94 valence electrons. The molecule has 0 amide bonds. The summed E-state index contributed by atoms with van der Waals surface area (Å²) in [4.78, 5) is 2.37. The predicted molar refractivity (Wildman–Crippen MR) is 76.2 cm³/mol. The fraction of sp³-hybridized carbons (Fsp3) is 0.571. The number of rotatable bonds is 6. The van der Waals surface area contributed by atoms with E-state index in [0.717, 1.165) is 25.7 Å². The average Bonchev–Trinajstić information content (AvgIpc) is 3.09. The highest BCUT2D eigenvalue weighted by molar-refractivity contribution is 9.10. The molecule has 1 aliphatic rings. The van der Waals surface area contributed by atoms with Gasteiger partial charge in [-0.3, -0.25) is 0 Å². The van der Waals surface area contributed by atoms with Crippen LogP contribution in [-0.2, 0) is 6.54 Å². The van der Waals surface area contributed by atoms with Gasteiger partial charge in [0.2, 0.25) is 0 Å². The fourth-order valence-electron chi connectivity index (χ4n) is 1.95. The lowest BCUT2D eigenvalue weighted by molar-refractivity contribution is 0.323. The van der Waals surface area contributed by atoms with Crippen LogP contribution in [0.1, 0.15) is 24.0 Å². The quantitative estimate of drug-likeness (QED) is 0.868. The van der Waals surface area contributed by atoms with Crippen LogP contribution in [0.15, 0.2) is 22.7 Å². The number of likely N-dealkylation sites (N-methyl/N-ethyl adjacent to an activating group) is 1. The zero-order chi connectivity index (χ0) is 12.3. The zero-order valence-electron chi connectivity index (χ0n) is 10.7. The molecule has 0 bridgehead atoms. The van der Waals surface area contributed by atoms with Gasteiger partial charge in [-0.05, 0) is 37.9 Å². The second kappa shape index (κ2) is 5.98. The van der Waals surface area contributed by atoms with Crippen LogP contribution in [0.5, 0.6) is 0 Å². The minimum atomic E-state index is 0.814. The topological polar surface area (TPSA) is 15.3 Å². The Balaban J connectivity index is 1.79. The standard InChI is InChI=1S/C14H21BrN2/c1-11-4-3-5-12(14(11)15)10-17(2)9-8-16-13-6-7-13/h3-5,13,16H,6-10H2,1-2H3. The van der Waals surface area contributed by atoms with Crippen molar-refractivity contribution in [3.05, 3.63) is 33.8 Å². The highest BCUT2D eigenvalue weighted by Gasteiger charge is 2.19. The van der Waals surface area contributed by atoms with E-state index in [0.29, 0.717) is 0 Å². The number of hydrogen-bond acceptors (Lipinski definition) is 2. The molecule has 0 aromatic heterocycles. The molecule has 0 aliphatic heterocycles. The summed E-state index contributed by atoms with van der Waals surface area (Å²) in [5.74, 6) is 0. The first kappa shape index (κ1) is 13.1. The largest absolute Gasteiger partial charge is 0.313 e. The maximum Gasteiger partial charge on any atom is 0.0249 e. The molecule has 0 atom stereocenters. The lowest BCUT2D eigenvalue weighted by Gasteiger charge is -2.18. The van der Waals surface area contributed by atoms with Crippen molar-refractivity contribution in [1.29, 1.82) is 0 Å². The third-order valence-corrected chi connectivity index (χ3v) is 4.35. The van der Waals surface area contributed by atoms with Gasteiger partial charge in [0.25, 0.3) is 0 Å². The van der Waals surface area contributed by atoms with E-state index in [2.05, 4.69) is 58.3 Å². The Morgan fingerprint density at radius 1 is 1.41 bits per heavy atom. The lowest BCUT2D eigenvalue weighted by Crippen LogP contribution is -2.30. The first-order chi connectivity index (χ1) is 8.16. The fourth-order valence-corrected chi connectivity index (χ4v) is 2.34. The summed E-state index contributed by atoms with van der Waals surface area (Å²) in [7, 11) is 2.18. The summed E-state index contributed by atoms with van der Waals surface area (Å²) in [5, 5.41) is 3.55. The van der Waals surface area contributed by atoms with E-state index in [1.165, 1.54) is 28.4 Å². The van der Waals surface area contributed by atoms with Gasteiger partial charge in [-0.15, -0.1) is 0 Å². The van der Waals surface area contributed by atoms with Crippen molar-refractivity contribution in [1.82, 2.24) is 10.2 Å². The molecule has 1 N–H and O–H groups in total. The minimum Gasteiger partial charge on any atom is -0.313 e. The van der Waals surface area contributed by atoms with Crippen LogP contribution < -0.4 is 5.32 Å². The van der Waals surface area contributed by atoms with Gasteiger partial charge in [0.05, 0.1) is 0 Å². The highest BCUT2D eigenvalue weighted by atomic mass is 79.9. The highest BCUT2D eigenvalue weighted by Crippen LogP contribution is 2.22. The number of nitrogens with zero attached hydrogens (tertiary/aromatic N) is 1. The molecule has 0 radical (unpaired) electrons. The molecule has 1 aromatic rings. The van der Waals surface area contributed by atoms with Crippen LogP contribution in [0, 0.1) is 6.92 Å². The summed E-state index contributed by atoms with van der Waals surface area (Å²) >= 11 is 3.67. The number of aryl methyl sites for hydroxylation is 1. The average molecular weight is 297 g/mol. The lowest BCUT2D eigenvalue weighted by atomic mass is 10.1. The first-order valence-corrected chi connectivity index (χ1v) is 7.12. The molecule has 3 heteroatoms. The van der Waals surface area contributed by atoms with E-state index in [1.54, 1.807) is 0 Å². The smallest absolute Gasteiger partial charge is 0.0249 e. The Hall–Kier alpha value is -0.380. The monoisotopic (exact) mass is 296 g/mol. The van der Waals surface area contributed by atoms with E-state index in [-0.39, 0.29) is 0 Å². The van der Waals surface area contributed by atoms with Crippen LogP contribution in [0.2, 0.25) is 0 Å². The molecule has 0 saturated heterocycles. The van der Waals surface area contributed by atoms with Crippen molar-refractivity contribution in [2.24, 2.45) is 0 Å². The molecule has 0 heterocycles. The Morgan fingerprint density at radius 2 is 2.18 bits per heavy atom. The van der Waals surface area contributed by atoms with Crippen LogP contribution in [0.3, 0.4) is 0 Å². The zero-order valence-corrected chi connectivity index (χ0v) is 12.3. The van der Waals surface area contributed by atoms with Crippen molar-refractivity contribution in [3.8, 4) is 0 Å². The van der Waals surface area contributed by atoms with Gasteiger partial charge >= 0.3 is 0 Å². The van der Waals surface area contributed by atoms with E-state index in [9.17, 15) is 0 Å². The molecule has 1 fully saturated rings. The summed E-state index contributed by atoms with van der Waals surface area (Å²) in [6.07, 6.45) is 2.74. The third kappa shape index (κ3) is 4.09. The molecule has 2 rings (SSSR count). The molecule has 2 nitrogen and oxygen atoms in total. The molecule has 1 aromatic carbocycles. The Labute approximate surface area is 113 Å². The maximum absolute atomic E-state index is 3.67. The molecular formula is C14H21BrN2. The summed E-state index contributed by atoms with van der Waals surface area (Å²) in [6.45, 7) is 5.36. The minimum absolute atomic E-state index is 0.814. The van der Waals surface area contributed by atoms with Crippen molar-refractivity contribution in [2.75, 3.05) is 20.1 Å². The molecule has 17 heavy (non-hydrogen) atoms. The third-order valence-electron chi connectivity index (χ3n) is 3.22. The summed E-state index contributed by atoms with van der Waals surface area (Å²) in [6, 6.07) is 7.28. The maximum atomic E-state index is 3.67. The van der Waals surface area contributed by atoms with Crippen LogP contribution in [0.4, 0.5) is 0 Å². The molecule has 0 unspecified atom stereocenters. The van der Waals surface area contributed by atoms with Gasteiger partial charge in [-0.25, -0.2) is 0 Å². The van der Waals surface area contributed by atoms with E-state index < -0.39 is 0 Å². The number of hydrogen-bond donors (Lipinski definition) is 1.